The van der Waals surface area contributed by atoms with Crippen LogP contribution in [0.1, 0.15) is 19.4 Å². The number of benzene rings is 1. The van der Waals surface area contributed by atoms with Gasteiger partial charge in [0.1, 0.15) is 6.04 Å². The number of nitrogens with one attached hydrogen (secondary N) is 1. The third-order valence-electron chi connectivity index (χ3n) is 2.14. The fourth-order valence-electron chi connectivity index (χ4n) is 1.24. The van der Waals surface area contributed by atoms with Crippen molar-refractivity contribution in [2.24, 2.45) is 5.73 Å². The van der Waals surface area contributed by atoms with Crippen molar-refractivity contribution in [3.63, 3.8) is 0 Å². The Labute approximate surface area is 110 Å². The fourth-order valence-corrected chi connectivity index (χ4v) is 2.17. The molecule has 0 aromatic heterocycles. The molecule has 1 aromatic carbocycles. The van der Waals surface area contributed by atoms with Crippen molar-refractivity contribution in [3.05, 3.63) is 23.8 Å². The van der Waals surface area contributed by atoms with E-state index in [2.05, 4.69) is 17.4 Å². The number of carbonyl (C=O) groups excluding carboxylic acids is 1. The number of carboxylic acid groups (broad SMARTS) is 1. The van der Waals surface area contributed by atoms with E-state index in [1.165, 1.54) is 24.3 Å². The van der Waals surface area contributed by atoms with E-state index in [1.807, 2.05) is 6.07 Å². The molecule has 0 aliphatic carbocycles. The van der Waals surface area contributed by atoms with Gasteiger partial charge in [-0.05, 0) is 24.6 Å². The van der Waals surface area contributed by atoms with Gasteiger partial charge in [0.25, 0.3) is 0 Å². The van der Waals surface area contributed by atoms with Gasteiger partial charge in [-0.3, -0.25) is 9.59 Å². The van der Waals surface area contributed by atoms with Crippen LogP contribution in [0.3, 0.4) is 0 Å². The van der Waals surface area contributed by atoms with Crippen LogP contribution in [0.2, 0.25) is 0 Å². The van der Waals surface area contributed by atoms with Crippen LogP contribution < -0.4 is 11.1 Å². The monoisotopic (exact) mass is 268 g/mol. The van der Waals surface area contributed by atoms with Crippen LogP contribution in [0.5, 0.6) is 0 Å². The summed E-state index contributed by atoms with van der Waals surface area (Å²) in [5.74, 6) is 0.0699. The van der Waals surface area contributed by atoms with Gasteiger partial charge in [-0.1, -0.05) is 6.07 Å². The Morgan fingerprint density at radius 2 is 2.11 bits per heavy atom. The van der Waals surface area contributed by atoms with Crippen molar-refractivity contribution in [1.29, 1.82) is 0 Å². The van der Waals surface area contributed by atoms with Crippen molar-refractivity contribution >= 4 is 29.3 Å². The average molecular weight is 268 g/mol. The second kappa shape index (κ2) is 6.42. The molecule has 2 heterocycles. The summed E-state index contributed by atoms with van der Waals surface area (Å²) in [5.41, 5.74) is 7.07. The number of nitrogens with two attached hydrogens (primary N) is 1. The summed E-state index contributed by atoms with van der Waals surface area (Å²) in [4.78, 5) is 21.5. The molecule has 1 aromatic rings. The topological polar surface area (TPSA) is 92.4 Å². The Kier molecular flexibility index (Phi) is 5.18. The normalized spacial score (nSPS) is 13.3. The number of amides is 1. The van der Waals surface area contributed by atoms with Gasteiger partial charge in [0.05, 0.1) is 5.69 Å². The lowest BCUT2D eigenvalue weighted by molar-refractivity contribution is -0.138. The molecule has 1 atom stereocenters. The first-order valence-electron chi connectivity index (χ1n) is 5.42. The third kappa shape index (κ3) is 4.38. The zero-order valence-electron chi connectivity index (χ0n) is 10.3. The second-order valence-electron chi connectivity index (χ2n) is 3.93. The summed E-state index contributed by atoms with van der Waals surface area (Å²) in [5, 5.41) is 10.7. The summed E-state index contributed by atoms with van der Waals surface area (Å²) < 4.78 is 0. The molecular weight excluding hydrogens is 252 g/mol. The van der Waals surface area contributed by atoms with E-state index in [4.69, 9.17) is 10.8 Å². The number of anilines is 1. The smallest absolute Gasteiger partial charge is 0.320 e. The van der Waals surface area contributed by atoms with E-state index >= 15 is 0 Å². The Morgan fingerprint density at radius 1 is 1.50 bits per heavy atom. The number of fused-ring (bicyclic) bond motifs is 3. The number of hydrogen-bond donors (Lipinski definition) is 3. The van der Waals surface area contributed by atoms with Crippen molar-refractivity contribution in [1.82, 2.24) is 0 Å². The molecule has 0 spiro atoms. The van der Waals surface area contributed by atoms with E-state index in [-0.39, 0.29) is 5.91 Å². The van der Waals surface area contributed by atoms with Gasteiger partial charge in [0, 0.05) is 17.6 Å². The molecule has 1 amide bonds. The Hall–Kier alpha value is -1.53. The maximum absolute atomic E-state index is 10.8. The van der Waals surface area contributed by atoms with E-state index in [1.54, 1.807) is 11.8 Å². The first-order chi connectivity index (χ1) is 8.40. The fraction of sp³-hybridized carbons (Fsp3) is 0.333. The van der Waals surface area contributed by atoms with Crippen LogP contribution >= 0.6 is 11.8 Å². The molecule has 2 aliphatic rings. The van der Waals surface area contributed by atoms with Crippen LogP contribution in [0.25, 0.3) is 0 Å². The van der Waals surface area contributed by atoms with Crippen LogP contribution in [0, 0.1) is 0 Å². The first kappa shape index (κ1) is 14.5. The number of carboxylic acids is 1. The molecule has 0 fully saturated rings. The van der Waals surface area contributed by atoms with Crippen molar-refractivity contribution in [2.75, 3.05) is 5.32 Å². The molecule has 3 rings (SSSR count). The van der Waals surface area contributed by atoms with E-state index in [0.29, 0.717) is 0 Å². The van der Waals surface area contributed by atoms with Crippen LogP contribution in [0.15, 0.2) is 23.1 Å². The van der Waals surface area contributed by atoms with Crippen LogP contribution in [-0.2, 0) is 15.3 Å². The number of carbonyl (C=O) groups is 2. The highest BCUT2D eigenvalue weighted by Gasteiger charge is 2.11. The van der Waals surface area contributed by atoms with Crippen molar-refractivity contribution in [3.8, 4) is 0 Å². The summed E-state index contributed by atoms with van der Waals surface area (Å²) in [6, 6.07) is 5.45. The van der Waals surface area contributed by atoms with Crippen molar-refractivity contribution in [2.45, 2.75) is 30.5 Å². The Bertz CT molecular complexity index is 461. The zero-order chi connectivity index (χ0) is 13.7. The second-order valence-corrected chi connectivity index (χ2v) is 4.94. The largest absolute Gasteiger partial charge is 0.480 e. The summed E-state index contributed by atoms with van der Waals surface area (Å²) in [6.45, 7) is 2.95. The first-order valence-corrected chi connectivity index (χ1v) is 6.40. The van der Waals surface area contributed by atoms with Crippen LogP contribution in [-0.4, -0.2) is 23.0 Å². The summed E-state index contributed by atoms with van der Waals surface area (Å²) in [6.07, 6.45) is 0. The average Bonchev–Trinajstić information content (AvgIpc) is 2.30. The predicted octanol–water partition coefficient (Wildman–Crippen LogP) is 1.67. The molecular formula is C12H16N2O3S. The molecule has 0 radical (unpaired) electrons. The number of hydrogen-bond acceptors (Lipinski definition) is 4. The zero-order valence-corrected chi connectivity index (χ0v) is 11.1. The van der Waals surface area contributed by atoms with E-state index in [9.17, 15) is 9.59 Å². The number of rotatable bonds is 2. The quantitative estimate of drug-likeness (QED) is 0.758. The Balaban J connectivity index is 0.000000232. The summed E-state index contributed by atoms with van der Waals surface area (Å²) in [7, 11) is 0. The van der Waals surface area contributed by atoms with Gasteiger partial charge < -0.3 is 16.2 Å². The third-order valence-corrected chi connectivity index (χ3v) is 3.28. The molecule has 0 saturated heterocycles. The standard InChI is InChI=1S/C9H9NOS.C3H7NO2/c1-6(11)10-8-4-7-2-3-9(8)12-5-7;1-2(4)3(5)6/h2-4H,5H2,1H3,(H,10,11);2H,4H2,1H3,(H,5,6). The molecule has 1 unspecified atom stereocenters. The van der Waals surface area contributed by atoms with Crippen molar-refractivity contribution < 1.29 is 14.7 Å². The SMILES string of the molecule is CC(=O)Nc1cc2ccc1SC2.CC(N)C(=O)O. The lowest BCUT2D eigenvalue weighted by atomic mass is 10.2. The maximum Gasteiger partial charge on any atom is 0.320 e. The molecule has 98 valence electrons. The number of thioether (sulfide) groups is 1. The van der Waals surface area contributed by atoms with Gasteiger partial charge in [-0.15, -0.1) is 11.8 Å². The van der Waals surface area contributed by atoms with Gasteiger partial charge in [0.15, 0.2) is 0 Å². The molecule has 6 heteroatoms. The molecule has 5 nitrogen and oxygen atoms in total. The molecule has 2 bridgehead atoms. The van der Waals surface area contributed by atoms with Gasteiger partial charge >= 0.3 is 5.97 Å². The lowest BCUT2D eigenvalue weighted by Crippen LogP contribution is -2.25. The summed E-state index contributed by atoms with van der Waals surface area (Å²) >= 11 is 1.77. The maximum atomic E-state index is 10.8. The minimum absolute atomic E-state index is 0.00380. The minimum Gasteiger partial charge on any atom is -0.480 e. The van der Waals surface area contributed by atoms with Gasteiger partial charge in [0.2, 0.25) is 5.91 Å². The number of aliphatic carboxylic acids is 1. The van der Waals surface area contributed by atoms with Crippen LogP contribution in [0.4, 0.5) is 5.69 Å². The van der Waals surface area contributed by atoms with E-state index in [0.717, 1.165) is 11.4 Å². The minimum atomic E-state index is -0.963. The van der Waals surface area contributed by atoms with Gasteiger partial charge in [-0.25, -0.2) is 0 Å². The highest BCUT2D eigenvalue weighted by atomic mass is 32.2. The van der Waals surface area contributed by atoms with E-state index < -0.39 is 12.0 Å². The molecule has 2 aliphatic heterocycles. The highest BCUT2D eigenvalue weighted by molar-refractivity contribution is 7.98. The Morgan fingerprint density at radius 3 is 2.39 bits per heavy atom. The molecule has 18 heavy (non-hydrogen) atoms. The molecule has 4 N–H and O–H groups in total. The highest BCUT2D eigenvalue weighted by Crippen LogP contribution is 2.36. The van der Waals surface area contributed by atoms with Gasteiger partial charge in [-0.2, -0.15) is 0 Å². The predicted molar refractivity (Wildman–Crippen MR) is 71.6 cm³/mol. The lowest BCUT2D eigenvalue weighted by Gasteiger charge is -2.16. The molecule has 0 saturated carbocycles.